The number of nitrogens with one attached hydrogen (secondary N) is 1. The van der Waals surface area contributed by atoms with Crippen LogP contribution in [0.25, 0.3) is 0 Å². The average Bonchev–Trinajstić information content (AvgIpc) is 2.78. The summed E-state index contributed by atoms with van der Waals surface area (Å²) >= 11 is 5.83. The summed E-state index contributed by atoms with van der Waals surface area (Å²) in [6.07, 6.45) is 1.17. The zero-order valence-electron chi connectivity index (χ0n) is 20.1. The van der Waals surface area contributed by atoms with Crippen LogP contribution in [-0.4, -0.2) is 50.5 Å². The topological polar surface area (TPSA) is 86.8 Å². The Kier molecular flexibility index (Phi) is 10.0. The van der Waals surface area contributed by atoms with Crippen LogP contribution in [-0.2, 0) is 26.2 Å². The Morgan fingerprint density at radius 2 is 1.71 bits per heavy atom. The molecule has 0 saturated heterocycles. The monoisotopic (exact) mass is 529 g/mol. The summed E-state index contributed by atoms with van der Waals surface area (Å²) < 4.78 is 52.9. The van der Waals surface area contributed by atoms with Crippen molar-refractivity contribution in [2.75, 3.05) is 23.7 Å². The first-order valence-electron chi connectivity index (χ1n) is 11.1. The molecule has 0 saturated carbocycles. The molecule has 2 aromatic rings. The number of halogens is 3. The van der Waals surface area contributed by atoms with Gasteiger partial charge in [0.2, 0.25) is 21.8 Å². The standard InChI is InChI=1S/C24H30ClF2N3O4S/c1-5-22(24(32)28-13-16(2)3)29(14-17-6-8-18(26)9-7-17)23(31)15-30(35(4,33)34)19-10-11-21(27)20(25)12-19/h6-12,16,22H,5,13-15H2,1-4H3,(H,28,32)/t22-/m1/s1. The molecule has 0 spiro atoms. The molecule has 1 N–H and O–H groups in total. The van der Waals surface area contributed by atoms with Gasteiger partial charge in [-0.1, -0.05) is 44.5 Å². The molecule has 7 nitrogen and oxygen atoms in total. The second-order valence-corrected chi connectivity index (χ2v) is 10.9. The van der Waals surface area contributed by atoms with Gasteiger partial charge in [0.15, 0.2) is 0 Å². The van der Waals surface area contributed by atoms with Crippen molar-refractivity contribution in [3.8, 4) is 0 Å². The van der Waals surface area contributed by atoms with Crippen LogP contribution in [0.4, 0.5) is 14.5 Å². The number of carbonyl (C=O) groups is 2. The van der Waals surface area contributed by atoms with Crippen LogP contribution >= 0.6 is 11.6 Å². The number of amides is 2. The summed E-state index contributed by atoms with van der Waals surface area (Å²) in [4.78, 5) is 27.7. The fourth-order valence-electron chi connectivity index (χ4n) is 3.38. The minimum atomic E-state index is -3.97. The van der Waals surface area contributed by atoms with Crippen molar-refractivity contribution in [3.63, 3.8) is 0 Å². The third-order valence-corrected chi connectivity index (χ3v) is 6.64. The molecule has 2 aromatic carbocycles. The summed E-state index contributed by atoms with van der Waals surface area (Å²) in [6.45, 7) is 5.31. The van der Waals surface area contributed by atoms with E-state index in [0.717, 1.165) is 22.7 Å². The number of carbonyl (C=O) groups excluding carboxylic acids is 2. The van der Waals surface area contributed by atoms with Crippen molar-refractivity contribution in [1.82, 2.24) is 10.2 Å². The highest BCUT2D eigenvalue weighted by Gasteiger charge is 2.32. The molecule has 0 heterocycles. The second-order valence-electron chi connectivity index (χ2n) is 8.58. The van der Waals surface area contributed by atoms with Gasteiger partial charge >= 0.3 is 0 Å². The molecule has 0 aliphatic carbocycles. The molecule has 1 atom stereocenters. The predicted octanol–water partition coefficient (Wildman–Crippen LogP) is 3.96. The Morgan fingerprint density at radius 1 is 1.09 bits per heavy atom. The molecule has 0 aliphatic rings. The third kappa shape index (κ3) is 8.17. The van der Waals surface area contributed by atoms with Crippen LogP contribution < -0.4 is 9.62 Å². The zero-order chi connectivity index (χ0) is 26.3. The number of rotatable bonds is 11. The molecular weight excluding hydrogens is 500 g/mol. The summed E-state index contributed by atoms with van der Waals surface area (Å²) in [5, 5.41) is 2.51. The second kappa shape index (κ2) is 12.3. The first kappa shape index (κ1) is 28.5. The molecule has 192 valence electrons. The molecule has 0 radical (unpaired) electrons. The maximum atomic E-state index is 13.6. The van der Waals surface area contributed by atoms with Gasteiger partial charge < -0.3 is 10.2 Å². The Balaban J connectivity index is 2.43. The fraction of sp³-hybridized carbons (Fsp3) is 0.417. The van der Waals surface area contributed by atoms with E-state index in [4.69, 9.17) is 11.6 Å². The molecule has 0 fully saturated rings. The van der Waals surface area contributed by atoms with Crippen molar-refractivity contribution in [3.05, 3.63) is 64.7 Å². The SMILES string of the molecule is CC[C@H](C(=O)NCC(C)C)N(Cc1ccc(F)cc1)C(=O)CN(c1ccc(F)c(Cl)c1)S(C)(=O)=O. The van der Waals surface area contributed by atoms with Gasteiger partial charge in [-0.2, -0.15) is 0 Å². The summed E-state index contributed by atoms with van der Waals surface area (Å²) in [5.41, 5.74) is 0.567. The van der Waals surface area contributed by atoms with Crippen LogP contribution in [0.15, 0.2) is 42.5 Å². The lowest BCUT2D eigenvalue weighted by molar-refractivity contribution is -0.140. The minimum Gasteiger partial charge on any atom is -0.354 e. The summed E-state index contributed by atoms with van der Waals surface area (Å²) in [5.74, 6) is -2.05. The number of anilines is 1. The van der Waals surface area contributed by atoms with E-state index in [1.165, 1.54) is 35.2 Å². The van der Waals surface area contributed by atoms with Gasteiger partial charge in [-0.05, 0) is 48.2 Å². The van der Waals surface area contributed by atoms with Crippen molar-refractivity contribution in [2.24, 2.45) is 5.92 Å². The smallest absolute Gasteiger partial charge is 0.244 e. The quantitative estimate of drug-likeness (QED) is 0.477. The summed E-state index contributed by atoms with van der Waals surface area (Å²) in [6, 6.07) is 7.87. The van der Waals surface area contributed by atoms with Crippen LogP contribution in [0.5, 0.6) is 0 Å². The highest BCUT2D eigenvalue weighted by Crippen LogP contribution is 2.25. The Labute approximate surface area is 210 Å². The van der Waals surface area contributed by atoms with Gasteiger partial charge in [0.25, 0.3) is 0 Å². The molecule has 0 unspecified atom stereocenters. The van der Waals surface area contributed by atoms with Crippen LogP contribution in [0.1, 0.15) is 32.8 Å². The highest BCUT2D eigenvalue weighted by atomic mass is 35.5. The van der Waals surface area contributed by atoms with E-state index in [1.54, 1.807) is 6.92 Å². The van der Waals surface area contributed by atoms with Gasteiger partial charge in [0.05, 0.1) is 17.0 Å². The molecule has 0 bridgehead atoms. The largest absolute Gasteiger partial charge is 0.354 e. The van der Waals surface area contributed by atoms with Crippen molar-refractivity contribution in [2.45, 2.75) is 39.8 Å². The molecule has 0 aliphatic heterocycles. The zero-order valence-corrected chi connectivity index (χ0v) is 21.7. The molecule has 35 heavy (non-hydrogen) atoms. The Hall–Kier alpha value is -2.72. The van der Waals surface area contributed by atoms with Gasteiger partial charge in [0, 0.05) is 13.1 Å². The van der Waals surface area contributed by atoms with Crippen LogP contribution in [0.2, 0.25) is 5.02 Å². The lowest BCUT2D eigenvalue weighted by Crippen LogP contribution is -2.52. The number of benzene rings is 2. The molecule has 2 rings (SSSR count). The Morgan fingerprint density at radius 3 is 2.23 bits per heavy atom. The summed E-state index contributed by atoms with van der Waals surface area (Å²) in [7, 11) is -3.97. The van der Waals surface area contributed by atoms with Gasteiger partial charge in [0.1, 0.15) is 24.2 Å². The Bertz CT molecular complexity index is 1140. The van der Waals surface area contributed by atoms with Gasteiger partial charge in [-0.15, -0.1) is 0 Å². The van der Waals surface area contributed by atoms with Gasteiger partial charge in [-0.25, -0.2) is 17.2 Å². The molecule has 0 aromatic heterocycles. The maximum absolute atomic E-state index is 13.6. The van der Waals surface area contributed by atoms with E-state index in [1.807, 2.05) is 13.8 Å². The fourth-order valence-corrected chi connectivity index (χ4v) is 4.40. The lowest BCUT2D eigenvalue weighted by atomic mass is 10.1. The first-order valence-corrected chi connectivity index (χ1v) is 13.3. The number of hydrogen-bond acceptors (Lipinski definition) is 4. The minimum absolute atomic E-state index is 0.00582. The number of hydrogen-bond donors (Lipinski definition) is 1. The van der Waals surface area contributed by atoms with Crippen LogP contribution in [0, 0.1) is 17.6 Å². The van der Waals surface area contributed by atoms with Crippen molar-refractivity contribution < 1.29 is 26.8 Å². The normalized spacial score (nSPS) is 12.3. The lowest BCUT2D eigenvalue weighted by Gasteiger charge is -2.33. The third-order valence-electron chi connectivity index (χ3n) is 5.21. The molecule has 2 amide bonds. The maximum Gasteiger partial charge on any atom is 0.244 e. The van der Waals surface area contributed by atoms with Crippen molar-refractivity contribution in [1.29, 1.82) is 0 Å². The molecule has 11 heteroatoms. The van der Waals surface area contributed by atoms with Crippen molar-refractivity contribution >= 4 is 39.1 Å². The van der Waals surface area contributed by atoms with Crippen LogP contribution in [0.3, 0.4) is 0 Å². The average molecular weight is 530 g/mol. The highest BCUT2D eigenvalue weighted by molar-refractivity contribution is 7.92. The number of nitrogens with zero attached hydrogens (tertiary/aromatic N) is 2. The predicted molar refractivity (Wildman–Crippen MR) is 132 cm³/mol. The first-order chi connectivity index (χ1) is 16.3. The number of sulfonamides is 1. The van der Waals surface area contributed by atoms with E-state index in [0.29, 0.717) is 12.1 Å². The van der Waals surface area contributed by atoms with E-state index in [-0.39, 0.29) is 35.5 Å². The van der Waals surface area contributed by atoms with E-state index >= 15 is 0 Å². The van der Waals surface area contributed by atoms with E-state index < -0.39 is 40.2 Å². The molecular formula is C24H30ClF2N3O4S. The van der Waals surface area contributed by atoms with E-state index in [9.17, 15) is 26.8 Å². The van der Waals surface area contributed by atoms with E-state index in [2.05, 4.69) is 5.32 Å². The van der Waals surface area contributed by atoms with Gasteiger partial charge in [-0.3, -0.25) is 13.9 Å².